The first-order valence-corrected chi connectivity index (χ1v) is 7.88. The van der Waals surface area contributed by atoms with E-state index in [0.29, 0.717) is 12.1 Å². The highest BCUT2D eigenvalue weighted by atomic mass is 16.5. The second-order valence-corrected chi connectivity index (χ2v) is 5.65. The molecule has 19 heavy (non-hydrogen) atoms. The van der Waals surface area contributed by atoms with Crippen LogP contribution in [-0.2, 0) is 4.74 Å². The molecule has 1 N–H and O–H groups in total. The van der Waals surface area contributed by atoms with Gasteiger partial charge < -0.3 is 10.1 Å². The molecule has 1 saturated heterocycles. The molecule has 3 atom stereocenters. The number of rotatable bonds is 9. The summed E-state index contributed by atoms with van der Waals surface area (Å²) in [5.41, 5.74) is 0. The molecule has 3 nitrogen and oxygen atoms in total. The highest BCUT2D eigenvalue weighted by molar-refractivity contribution is 4.87. The first kappa shape index (κ1) is 16.7. The van der Waals surface area contributed by atoms with Gasteiger partial charge in [0.2, 0.25) is 0 Å². The summed E-state index contributed by atoms with van der Waals surface area (Å²) < 4.78 is 5.66. The summed E-state index contributed by atoms with van der Waals surface area (Å²) in [6.45, 7) is 15.6. The van der Waals surface area contributed by atoms with Gasteiger partial charge in [-0.05, 0) is 18.8 Å². The molecule has 1 aliphatic heterocycles. The topological polar surface area (TPSA) is 24.5 Å². The number of hydrogen-bond acceptors (Lipinski definition) is 3. The van der Waals surface area contributed by atoms with Crippen LogP contribution in [0.5, 0.6) is 0 Å². The van der Waals surface area contributed by atoms with Crippen LogP contribution in [0.15, 0.2) is 12.7 Å². The third-order valence-electron chi connectivity index (χ3n) is 4.35. The van der Waals surface area contributed by atoms with E-state index in [1.54, 1.807) is 0 Å². The highest BCUT2D eigenvalue weighted by Gasteiger charge is 2.28. The molecular weight excluding hydrogens is 236 g/mol. The maximum absolute atomic E-state index is 5.66. The second kappa shape index (κ2) is 9.51. The van der Waals surface area contributed by atoms with Gasteiger partial charge in [-0.15, -0.1) is 6.58 Å². The zero-order chi connectivity index (χ0) is 14.1. The molecule has 1 heterocycles. The van der Waals surface area contributed by atoms with E-state index in [1.807, 2.05) is 6.08 Å². The van der Waals surface area contributed by atoms with E-state index < -0.39 is 0 Å². The minimum absolute atomic E-state index is 0.640. The monoisotopic (exact) mass is 268 g/mol. The largest absolute Gasteiger partial charge is 0.380 e. The van der Waals surface area contributed by atoms with Crippen molar-refractivity contribution >= 4 is 0 Å². The molecular formula is C16H32N2O. The smallest absolute Gasteiger partial charge is 0.0593 e. The standard InChI is InChI=1S/C16H32N2O/c1-5-8-10-19-11-9-18-13-16(14(4)6-2)17-12-15(18)7-3/h5,14-17H,1,6-13H2,2-4H3. The summed E-state index contributed by atoms with van der Waals surface area (Å²) in [5, 5.41) is 3.72. The molecule has 0 aromatic rings. The molecule has 0 aliphatic carbocycles. The maximum Gasteiger partial charge on any atom is 0.0593 e. The summed E-state index contributed by atoms with van der Waals surface area (Å²) in [5.74, 6) is 0.752. The summed E-state index contributed by atoms with van der Waals surface area (Å²) in [6.07, 6.45) is 5.33. The lowest BCUT2D eigenvalue weighted by Crippen LogP contribution is -2.58. The van der Waals surface area contributed by atoms with Gasteiger partial charge in [0.1, 0.15) is 0 Å². The van der Waals surface area contributed by atoms with Crippen molar-refractivity contribution in [3.05, 3.63) is 12.7 Å². The molecule has 112 valence electrons. The Labute approximate surface area is 119 Å². The average molecular weight is 268 g/mol. The summed E-state index contributed by atoms with van der Waals surface area (Å²) >= 11 is 0. The van der Waals surface area contributed by atoms with Crippen LogP contribution in [0.2, 0.25) is 0 Å². The van der Waals surface area contributed by atoms with Crippen LogP contribution in [-0.4, -0.2) is 49.8 Å². The van der Waals surface area contributed by atoms with Gasteiger partial charge >= 0.3 is 0 Å². The summed E-state index contributed by atoms with van der Waals surface area (Å²) in [7, 11) is 0. The molecule has 0 radical (unpaired) electrons. The van der Waals surface area contributed by atoms with Crippen molar-refractivity contribution in [2.45, 2.75) is 52.1 Å². The molecule has 0 aromatic heterocycles. The van der Waals surface area contributed by atoms with Crippen LogP contribution in [0.25, 0.3) is 0 Å². The molecule has 0 aromatic carbocycles. The Balaban J connectivity index is 2.34. The van der Waals surface area contributed by atoms with Crippen molar-refractivity contribution in [2.24, 2.45) is 5.92 Å². The lowest BCUT2D eigenvalue weighted by atomic mass is 9.95. The minimum atomic E-state index is 0.640. The number of ether oxygens (including phenoxy) is 1. The minimum Gasteiger partial charge on any atom is -0.380 e. The number of nitrogens with one attached hydrogen (secondary N) is 1. The molecule has 3 heteroatoms. The Bertz CT molecular complexity index is 245. The van der Waals surface area contributed by atoms with Crippen molar-refractivity contribution in [1.29, 1.82) is 0 Å². The van der Waals surface area contributed by atoms with E-state index in [4.69, 9.17) is 4.74 Å². The van der Waals surface area contributed by atoms with Crippen LogP contribution in [0, 0.1) is 5.92 Å². The van der Waals surface area contributed by atoms with Crippen molar-refractivity contribution in [2.75, 3.05) is 32.8 Å². The van der Waals surface area contributed by atoms with E-state index in [-0.39, 0.29) is 0 Å². The average Bonchev–Trinajstić information content (AvgIpc) is 2.46. The Kier molecular flexibility index (Phi) is 8.35. The van der Waals surface area contributed by atoms with Crippen molar-refractivity contribution in [1.82, 2.24) is 10.2 Å². The van der Waals surface area contributed by atoms with Crippen LogP contribution in [0.4, 0.5) is 0 Å². The van der Waals surface area contributed by atoms with Gasteiger partial charge in [-0.1, -0.05) is 33.3 Å². The Morgan fingerprint density at radius 3 is 2.84 bits per heavy atom. The fraction of sp³-hybridized carbons (Fsp3) is 0.875. The molecule has 1 aliphatic rings. The lowest BCUT2D eigenvalue weighted by molar-refractivity contribution is 0.0573. The lowest BCUT2D eigenvalue weighted by Gasteiger charge is -2.42. The predicted molar refractivity (Wildman–Crippen MR) is 82.5 cm³/mol. The zero-order valence-electron chi connectivity index (χ0n) is 13.0. The summed E-state index contributed by atoms with van der Waals surface area (Å²) in [6, 6.07) is 1.31. The van der Waals surface area contributed by atoms with Crippen molar-refractivity contribution in [3.63, 3.8) is 0 Å². The Hall–Kier alpha value is -0.380. The third kappa shape index (κ3) is 5.64. The molecule has 1 fully saturated rings. The third-order valence-corrected chi connectivity index (χ3v) is 4.35. The van der Waals surface area contributed by atoms with E-state index in [1.165, 1.54) is 19.4 Å². The molecule has 0 amide bonds. The van der Waals surface area contributed by atoms with E-state index in [9.17, 15) is 0 Å². The Morgan fingerprint density at radius 1 is 1.42 bits per heavy atom. The molecule has 0 saturated carbocycles. The number of nitrogens with zero attached hydrogens (tertiary/aromatic N) is 1. The predicted octanol–water partition coefficient (Wildman–Crippen LogP) is 2.68. The van der Waals surface area contributed by atoms with Gasteiger partial charge in [0.25, 0.3) is 0 Å². The number of hydrogen-bond donors (Lipinski definition) is 1. The highest BCUT2D eigenvalue weighted by Crippen LogP contribution is 2.16. The molecule has 1 rings (SSSR count). The SMILES string of the molecule is C=CCCOCCN1CC(C(C)CC)NCC1CC. The van der Waals surface area contributed by atoms with Gasteiger partial charge in [-0.3, -0.25) is 4.90 Å². The zero-order valence-corrected chi connectivity index (χ0v) is 13.0. The van der Waals surface area contributed by atoms with Crippen LogP contribution < -0.4 is 5.32 Å². The van der Waals surface area contributed by atoms with E-state index >= 15 is 0 Å². The van der Waals surface area contributed by atoms with Crippen LogP contribution >= 0.6 is 0 Å². The van der Waals surface area contributed by atoms with E-state index in [0.717, 1.165) is 38.6 Å². The van der Waals surface area contributed by atoms with Gasteiger partial charge in [0, 0.05) is 31.7 Å². The van der Waals surface area contributed by atoms with Crippen LogP contribution in [0.3, 0.4) is 0 Å². The van der Waals surface area contributed by atoms with Crippen molar-refractivity contribution in [3.8, 4) is 0 Å². The Morgan fingerprint density at radius 2 is 2.21 bits per heavy atom. The fourth-order valence-corrected chi connectivity index (χ4v) is 2.68. The van der Waals surface area contributed by atoms with Crippen molar-refractivity contribution < 1.29 is 4.74 Å². The second-order valence-electron chi connectivity index (χ2n) is 5.65. The van der Waals surface area contributed by atoms with Gasteiger partial charge in [-0.25, -0.2) is 0 Å². The summed E-state index contributed by atoms with van der Waals surface area (Å²) in [4.78, 5) is 2.61. The first-order chi connectivity index (χ1) is 9.22. The first-order valence-electron chi connectivity index (χ1n) is 7.88. The van der Waals surface area contributed by atoms with Gasteiger partial charge in [0.05, 0.1) is 13.2 Å². The van der Waals surface area contributed by atoms with Gasteiger partial charge in [-0.2, -0.15) is 0 Å². The van der Waals surface area contributed by atoms with Gasteiger partial charge in [0.15, 0.2) is 0 Å². The fourth-order valence-electron chi connectivity index (χ4n) is 2.68. The molecule has 0 spiro atoms. The van der Waals surface area contributed by atoms with E-state index in [2.05, 4.69) is 37.6 Å². The molecule has 3 unspecified atom stereocenters. The molecule has 0 bridgehead atoms. The quantitative estimate of drug-likeness (QED) is 0.514. The van der Waals surface area contributed by atoms with Crippen LogP contribution in [0.1, 0.15) is 40.0 Å². The normalized spacial score (nSPS) is 26.3. The maximum atomic E-state index is 5.66. The number of piperazine rings is 1.